The lowest BCUT2D eigenvalue weighted by atomic mass is 9.92. The third-order valence-corrected chi connectivity index (χ3v) is 4.38. The van der Waals surface area contributed by atoms with Gasteiger partial charge in [-0.3, -0.25) is 0 Å². The van der Waals surface area contributed by atoms with Crippen LogP contribution < -0.4 is 0 Å². The van der Waals surface area contributed by atoms with E-state index in [1.807, 2.05) is 48.6 Å². The summed E-state index contributed by atoms with van der Waals surface area (Å²) in [4.78, 5) is 0. The topological polar surface area (TPSA) is 0 Å². The first-order chi connectivity index (χ1) is 12.7. The number of hydrogen-bond acceptors (Lipinski definition) is 0. The van der Waals surface area contributed by atoms with Crippen molar-refractivity contribution in [1.29, 1.82) is 0 Å². The van der Waals surface area contributed by atoms with Gasteiger partial charge in [-0.05, 0) is 27.8 Å². The van der Waals surface area contributed by atoms with Crippen molar-refractivity contribution >= 4 is 18.2 Å². The van der Waals surface area contributed by atoms with Crippen molar-refractivity contribution in [3.63, 3.8) is 0 Å². The van der Waals surface area contributed by atoms with Gasteiger partial charge in [0.05, 0.1) is 0 Å². The van der Waals surface area contributed by atoms with Gasteiger partial charge >= 0.3 is 0 Å². The second-order valence-corrected chi connectivity index (χ2v) is 6.08. The van der Waals surface area contributed by atoms with Crippen LogP contribution in [0.2, 0.25) is 0 Å². The van der Waals surface area contributed by atoms with E-state index in [-0.39, 0.29) is 0 Å². The molecule has 0 aliphatic rings. The molecule has 0 atom stereocenters. The standard InChI is InChI=1S/C18H18.C8H8/c1-4-15-6-10-17(11-7-15)14(3)18-12-8-16(5-2)9-13-18;1-2-8-6-4-3-5-7-8/h4-14H,1-2H2,3H3;2-7H,1H2. The molecule has 0 unspecified atom stereocenters. The molecule has 0 amide bonds. The predicted molar refractivity (Wildman–Crippen MR) is 117 cm³/mol. The third kappa shape index (κ3) is 5.46. The van der Waals surface area contributed by atoms with Crippen LogP contribution in [0.25, 0.3) is 18.2 Å². The van der Waals surface area contributed by atoms with E-state index in [1.54, 1.807) is 0 Å². The predicted octanol–water partition coefficient (Wildman–Crippen LogP) is 7.45. The van der Waals surface area contributed by atoms with Crippen LogP contribution in [0.3, 0.4) is 0 Å². The van der Waals surface area contributed by atoms with Gasteiger partial charge in [-0.25, -0.2) is 0 Å². The number of benzene rings is 3. The van der Waals surface area contributed by atoms with Gasteiger partial charge in [-0.1, -0.05) is 124 Å². The molecule has 26 heavy (non-hydrogen) atoms. The summed E-state index contributed by atoms with van der Waals surface area (Å²) in [5.74, 6) is 0.405. The van der Waals surface area contributed by atoms with Crippen molar-refractivity contribution in [2.45, 2.75) is 12.8 Å². The molecular formula is C26H26. The van der Waals surface area contributed by atoms with Crippen molar-refractivity contribution in [3.05, 3.63) is 126 Å². The summed E-state index contributed by atoms with van der Waals surface area (Å²) in [5.41, 5.74) is 6.15. The Morgan fingerprint density at radius 3 is 1.19 bits per heavy atom. The quantitative estimate of drug-likeness (QED) is 0.453. The zero-order chi connectivity index (χ0) is 18.8. The lowest BCUT2D eigenvalue weighted by molar-refractivity contribution is 0.922. The van der Waals surface area contributed by atoms with Crippen LogP contribution in [0.15, 0.2) is 98.6 Å². The smallest absolute Gasteiger partial charge is 0.00610 e. The van der Waals surface area contributed by atoms with Crippen molar-refractivity contribution in [2.24, 2.45) is 0 Å². The molecular weight excluding hydrogens is 312 g/mol. The monoisotopic (exact) mass is 338 g/mol. The molecule has 0 heteroatoms. The van der Waals surface area contributed by atoms with E-state index >= 15 is 0 Å². The first-order valence-corrected chi connectivity index (χ1v) is 8.80. The van der Waals surface area contributed by atoms with E-state index in [9.17, 15) is 0 Å². The van der Waals surface area contributed by atoms with Crippen molar-refractivity contribution in [2.75, 3.05) is 0 Å². The summed E-state index contributed by atoms with van der Waals surface area (Å²) < 4.78 is 0. The van der Waals surface area contributed by atoms with Gasteiger partial charge in [0.1, 0.15) is 0 Å². The summed E-state index contributed by atoms with van der Waals surface area (Å²) in [6.07, 6.45) is 5.57. The molecule has 0 saturated heterocycles. The first-order valence-electron chi connectivity index (χ1n) is 8.80. The molecule has 0 spiro atoms. The highest BCUT2D eigenvalue weighted by atomic mass is 14.1. The highest BCUT2D eigenvalue weighted by Gasteiger charge is 2.07. The van der Waals surface area contributed by atoms with E-state index in [1.165, 1.54) is 16.7 Å². The Morgan fingerprint density at radius 1 is 0.538 bits per heavy atom. The molecule has 0 aromatic heterocycles. The van der Waals surface area contributed by atoms with Crippen molar-refractivity contribution in [3.8, 4) is 0 Å². The summed E-state index contributed by atoms with van der Waals surface area (Å²) in [5, 5.41) is 0. The molecule has 0 heterocycles. The second kappa shape index (κ2) is 10.0. The largest absolute Gasteiger partial charge is 0.0985 e. The van der Waals surface area contributed by atoms with Crippen LogP contribution in [0, 0.1) is 0 Å². The zero-order valence-corrected chi connectivity index (χ0v) is 15.4. The molecule has 0 bridgehead atoms. The van der Waals surface area contributed by atoms with Crippen molar-refractivity contribution in [1.82, 2.24) is 0 Å². The fraction of sp³-hybridized carbons (Fsp3) is 0.0769. The maximum absolute atomic E-state index is 3.77. The lowest BCUT2D eigenvalue weighted by Crippen LogP contribution is -1.95. The molecule has 3 rings (SSSR count). The molecule has 0 radical (unpaired) electrons. The van der Waals surface area contributed by atoms with Crippen LogP contribution in [0.5, 0.6) is 0 Å². The van der Waals surface area contributed by atoms with Crippen LogP contribution in [-0.2, 0) is 0 Å². The number of rotatable bonds is 5. The van der Waals surface area contributed by atoms with E-state index in [0.717, 1.165) is 11.1 Å². The zero-order valence-electron chi connectivity index (χ0n) is 15.4. The molecule has 0 N–H and O–H groups in total. The van der Waals surface area contributed by atoms with Gasteiger partial charge in [0.25, 0.3) is 0 Å². The van der Waals surface area contributed by atoms with Gasteiger partial charge in [-0.2, -0.15) is 0 Å². The van der Waals surface area contributed by atoms with Gasteiger partial charge in [0, 0.05) is 5.92 Å². The average molecular weight is 338 g/mol. The maximum Gasteiger partial charge on any atom is 0.00610 e. The van der Waals surface area contributed by atoms with Crippen LogP contribution in [0.1, 0.15) is 40.7 Å². The van der Waals surface area contributed by atoms with Gasteiger partial charge in [0.15, 0.2) is 0 Å². The van der Waals surface area contributed by atoms with Crippen LogP contribution >= 0.6 is 0 Å². The minimum atomic E-state index is 0.405. The normalized spacial score (nSPS) is 9.77. The fourth-order valence-electron chi connectivity index (χ4n) is 2.62. The Morgan fingerprint density at radius 2 is 0.885 bits per heavy atom. The van der Waals surface area contributed by atoms with Crippen molar-refractivity contribution < 1.29 is 0 Å². The van der Waals surface area contributed by atoms with E-state index in [0.29, 0.717) is 5.92 Å². The Kier molecular flexibility index (Phi) is 7.39. The molecule has 0 fully saturated rings. The summed E-state index contributed by atoms with van der Waals surface area (Å²) >= 11 is 0. The maximum atomic E-state index is 3.77. The Labute approximate surface area is 157 Å². The Hall–Kier alpha value is -3.12. The molecule has 0 nitrogen and oxygen atoms in total. The van der Waals surface area contributed by atoms with Gasteiger partial charge in [-0.15, -0.1) is 0 Å². The molecule has 3 aromatic rings. The number of hydrogen-bond donors (Lipinski definition) is 0. The van der Waals surface area contributed by atoms with E-state index < -0.39 is 0 Å². The molecule has 0 aliphatic heterocycles. The summed E-state index contributed by atoms with van der Waals surface area (Å²) in [6, 6.07) is 27.1. The minimum absolute atomic E-state index is 0.405. The van der Waals surface area contributed by atoms with Crippen LogP contribution in [0.4, 0.5) is 0 Å². The van der Waals surface area contributed by atoms with E-state index in [2.05, 4.69) is 75.2 Å². The SMILES string of the molecule is C=Cc1ccc(C(C)c2ccc(C=C)cc2)cc1.C=Cc1ccccc1. The lowest BCUT2D eigenvalue weighted by Gasteiger charge is -2.13. The Bertz CT molecular complexity index is 770. The third-order valence-electron chi connectivity index (χ3n) is 4.38. The van der Waals surface area contributed by atoms with Gasteiger partial charge < -0.3 is 0 Å². The summed E-state index contributed by atoms with van der Waals surface area (Å²) in [6.45, 7) is 13.4. The highest BCUT2D eigenvalue weighted by molar-refractivity contribution is 5.50. The molecule has 0 aliphatic carbocycles. The Balaban J connectivity index is 0.000000254. The summed E-state index contributed by atoms with van der Waals surface area (Å²) in [7, 11) is 0. The average Bonchev–Trinajstić information content (AvgIpc) is 2.74. The fourth-order valence-corrected chi connectivity index (χ4v) is 2.62. The second-order valence-electron chi connectivity index (χ2n) is 6.08. The minimum Gasteiger partial charge on any atom is -0.0985 e. The van der Waals surface area contributed by atoms with E-state index in [4.69, 9.17) is 0 Å². The first kappa shape index (κ1) is 19.2. The molecule has 130 valence electrons. The van der Waals surface area contributed by atoms with Gasteiger partial charge in [0.2, 0.25) is 0 Å². The molecule has 0 saturated carbocycles. The molecule has 3 aromatic carbocycles. The highest BCUT2D eigenvalue weighted by Crippen LogP contribution is 2.24. The van der Waals surface area contributed by atoms with Crippen LogP contribution in [-0.4, -0.2) is 0 Å².